The quantitative estimate of drug-likeness (QED) is 0.598. The number of carbonyl (C=O) groups excluding carboxylic acids is 1. The Morgan fingerprint density at radius 2 is 2.00 bits per heavy atom. The minimum absolute atomic E-state index is 0.177. The van der Waals surface area contributed by atoms with E-state index >= 15 is 0 Å². The van der Waals surface area contributed by atoms with E-state index in [1.807, 2.05) is 19.2 Å². The van der Waals surface area contributed by atoms with E-state index in [1.54, 1.807) is 35.1 Å². The van der Waals surface area contributed by atoms with Crippen LogP contribution in [0.2, 0.25) is 0 Å². The summed E-state index contributed by atoms with van der Waals surface area (Å²) in [6.07, 6.45) is 1.70. The third-order valence-corrected chi connectivity index (χ3v) is 4.19. The number of anilines is 1. The van der Waals surface area contributed by atoms with Crippen LogP contribution in [-0.2, 0) is 7.05 Å². The third-order valence-electron chi connectivity index (χ3n) is 4.19. The highest BCUT2D eigenvalue weighted by molar-refractivity contribution is 6.06. The summed E-state index contributed by atoms with van der Waals surface area (Å²) in [5, 5.41) is 7.07. The van der Waals surface area contributed by atoms with Crippen LogP contribution in [0.5, 0.6) is 17.5 Å². The minimum Gasteiger partial charge on any atom is -0.492 e. The molecule has 0 saturated carbocycles. The Bertz CT molecular complexity index is 1000. The summed E-state index contributed by atoms with van der Waals surface area (Å²) in [7, 11) is 4.78. The molecule has 0 radical (unpaired) electrons. The van der Waals surface area contributed by atoms with Crippen LogP contribution < -0.4 is 25.3 Å². The molecule has 0 unspecified atom stereocenters. The molecule has 152 valence electrons. The van der Waals surface area contributed by atoms with Gasteiger partial charge in [0, 0.05) is 37.1 Å². The van der Waals surface area contributed by atoms with Crippen molar-refractivity contribution in [2.45, 2.75) is 0 Å². The fourth-order valence-electron chi connectivity index (χ4n) is 2.80. The zero-order valence-electron chi connectivity index (χ0n) is 16.5. The van der Waals surface area contributed by atoms with Gasteiger partial charge in [0.25, 0.3) is 5.91 Å². The smallest absolute Gasteiger partial charge is 0.261 e. The van der Waals surface area contributed by atoms with Crippen LogP contribution in [0.1, 0.15) is 10.4 Å². The molecule has 0 spiro atoms. The second-order valence-corrected chi connectivity index (χ2v) is 6.05. The summed E-state index contributed by atoms with van der Waals surface area (Å²) in [4.78, 5) is 16.9. The van der Waals surface area contributed by atoms with Crippen molar-refractivity contribution in [3.8, 4) is 28.8 Å². The Balaban J connectivity index is 1.91. The number of nitrogens with one attached hydrogen (secondary N) is 1. The molecule has 0 saturated heterocycles. The van der Waals surface area contributed by atoms with E-state index in [1.165, 1.54) is 14.2 Å². The zero-order valence-corrected chi connectivity index (χ0v) is 16.5. The summed E-state index contributed by atoms with van der Waals surface area (Å²) in [5.74, 6) is 0.833. The molecule has 0 fully saturated rings. The predicted octanol–water partition coefficient (Wildman–Crippen LogP) is 2.09. The SMILES string of the molecule is COc1ccc(C(=O)Nc2ccc(OCCN)c(-c3ccnn3C)c2)c(OC)n1. The first-order chi connectivity index (χ1) is 14.1. The van der Waals surface area contributed by atoms with Crippen molar-refractivity contribution in [1.82, 2.24) is 14.8 Å². The normalized spacial score (nSPS) is 10.5. The van der Waals surface area contributed by atoms with Crippen LogP contribution in [0.4, 0.5) is 5.69 Å². The number of carbonyl (C=O) groups is 1. The highest BCUT2D eigenvalue weighted by atomic mass is 16.5. The first-order valence-electron chi connectivity index (χ1n) is 8.93. The molecule has 2 heterocycles. The van der Waals surface area contributed by atoms with Gasteiger partial charge in [0.05, 0.1) is 19.9 Å². The number of hydrogen-bond acceptors (Lipinski definition) is 7. The molecule has 1 aromatic carbocycles. The standard InChI is InChI=1S/C20H23N5O4/c1-25-16(8-10-22-25)15-12-13(4-6-17(15)29-11-9-21)23-19(26)14-5-7-18(27-2)24-20(14)28-3/h4-8,10,12H,9,11,21H2,1-3H3,(H,23,26). The topological polar surface area (TPSA) is 114 Å². The maximum atomic E-state index is 12.8. The number of aromatic nitrogens is 3. The van der Waals surface area contributed by atoms with E-state index in [2.05, 4.69) is 15.4 Å². The van der Waals surface area contributed by atoms with E-state index in [-0.39, 0.29) is 11.8 Å². The van der Waals surface area contributed by atoms with Gasteiger partial charge in [-0.3, -0.25) is 9.48 Å². The molecule has 1 amide bonds. The second-order valence-electron chi connectivity index (χ2n) is 6.05. The lowest BCUT2D eigenvalue weighted by Crippen LogP contribution is -2.15. The van der Waals surface area contributed by atoms with Crippen LogP contribution in [-0.4, -0.2) is 48.0 Å². The molecular weight excluding hydrogens is 374 g/mol. The molecule has 2 aromatic heterocycles. The van der Waals surface area contributed by atoms with Crippen LogP contribution in [0.3, 0.4) is 0 Å². The lowest BCUT2D eigenvalue weighted by molar-refractivity contribution is 0.102. The number of aryl methyl sites for hydroxylation is 1. The summed E-state index contributed by atoms with van der Waals surface area (Å²) < 4.78 is 17.8. The zero-order chi connectivity index (χ0) is 20.8. The van der Waals surface area contributed by atoms with Crippen molar-refractivity contribution < 1.29 is 19.0 Å². The Labute approximate surface area is 168 Å². The molecule has 0 atom stereocenters. The summed E-state index contributed by atoms with van der Waals surface area (Å²) >= 11 is 0. The van der Waals surface area contributed by atoms with Crippen molar-refractivity contribution in [2.75, 3.05) is 32.7 Å². The fourth-order valence-corrected chi connectivity index (χ4v) is 2.80. The molecule has 3 N–H and O–H groups in total. The number of nitrogens with zero attached hydrogens (tertiary/aromatic N) is 3. The molecule has 0 aliphatic rings. The van der Waals surface area contributed by atoms with Gasteiger partial charge in [-0.15, -0.1) is 0 Å². The highest BCUT2D eigenvalue weighted by Crippen LogP contribution is 2.33. The molecular formula is C20H23N5O4. The van der Waals surface area contributed by atoms with Gasteiger partial charge in [-0.2, -0.15) is 10.1 Å². The Morgan fingerprint density at radius 3 is 2.66 bits per heavy atom. The Morgan fingerprint density at radius 1 is 1.17 bits per heavy atom. The average Bonchev–Trinajstić information content (AvgIpc) is 3.17. The number of methoxy groups -OCH3 is 2. The number of hydrogen-bond donors (Lipinski definition) is 2. The average molecular weight is 397 g/mol. The van der Waals surface area contributed by atoms with E-state index in [4.69, 9.17) is 19.9 Å². The number of rotatable bonds is 8. The molecule has 0 aliphatic carbocycles. The van der Waals surface area contributed by atoms with Crippen molar-refractivity contribution >= 4 is 11.6 Å². The van der Waals surface area contributed by atoms with Gasteiger partial charge in [0.2, 0.25) is 11.8 Å². The number of benzene rings is 1. The second kappa shape index (κ2) is 9.07. The van der Waals surface area contributed by atoms with Crippen LogP contribution in [0, 0.1) is 0 Å². The third kappa shape index (κ3) is 4.46. The lowest BCUT2D eigenvalue weighted by Gasteiger charge is -2.14. The molecule has 29 heavy (non-hydrogen) atoms. The lowest BCUT2D eigenvalue weighted by atomic mass is 10.1. The van der Waals surface area contributed by atoms with Crippen molar-refractivity contribution in [3.63, 3.8) is 0 Å². The van der Waals surface area contributed by atoms with Gasteiger partial charge in [-0.1, -0.05) is 0 Å². The van der Waals surface area contributed by atoms with Crippen LogP contribution >= 0.6 is 0 Å². The summed E-state index contributed by atoms with van der Waals surface area (Å²) in [6.45, 7) is 0.777. The fraction of sp³-hybridized carbons (Fsp3) is 0.250. The maximum Gasteiger partial charge on any atom is 0.261 e. The van der Waals surface area contributed by atoms with Gasteiger partial charge in [-0.25, -0.2) is 0 Å². The monoisotopic (exact) mass is 397 g/mol. The van der Waals surface area contributed by atoms with Crippen molar-refractivity contribution in [1.29, 1.82) is 0 Å². The first kappa shape index (κ1) is 20.2. The van der Waals surface area contributed by atoms with Crippen molar-refractivity contribution in [2.24, 2.45) is 12.8 Å². The summed E-state index contributed by atoms with van der Waals surface area (Å²) in [6, 6.07) is 10.4. The Kier molecular flexibility index (Phi) is 6.30. The van der Waals surface area contributed by atoms with Crippen LogP contribution in [0.25, 0.3) is 11.3 Å². The first-order valence-corrected chi connectivity index (χ1v) is 8.93. The van der Waals surface area contributed by atoms with E-state index < -0.39 is 0 Å². The van der Waals surface area contributed by atoms with E-state index in [9.17, 15) is 4.79 Å². The van der Waals surface area contributed by atoms with E-state index in [0.29, 0.717) is 36.0 Å². The summed E-state index contributed by atoms with van der Waals surface area (Å²) in [5.41, 5.74) is 8.07. The van der Waals surface area contributed by atoms with Gasteiger partial charge >= 0.3 is 0 Å². The van der Waals surface area contributed by atoms with E-state index in [0.717, 1.165) is 11.3 Å². The minimum atomic E-state index is -0.358. The number of pyridine rings is 1. The molecule has 0 bridgehead atoms. The highest BCUT2D eigenvalue weighted by Gasteiger charge is 2.17. The molecule has 9 nitrogen and oxygen atoms in total. The van der Waals surface area contributed by atoms with Crippen LogP contribution in [0.15, 0.2) is 42.6 Å². The number of amides is 1. The van der Waals surface area contributed by atoms with Gasteiger partial charge < -0.3 is 25.3 Å². The molecule has 3 aromatic rings. The van der Waals surface area contributed by atoms with Crippen molar-refractivity contribution in [3.05, 3.63) is 48.2 Å². The van der Waals surface area contributed by atoms with Gasteiger partial charge in [-0.05, 0) is 30.3 Å². The molecule has 9 heteroatoms. The van der Waals surface area contributed by atoms with Gasteiger partial charge in [0.1, 0.15) is 17.9 Å². The number of ether oxygens (including phenoxy) is 3. The largest absolute Gasteiger partial charge is 0.492 e. The predicted molar refractivity (Wildman–Crippen MR) is 108 cm³/mol. The molecule has 3 rings (SSSR count). The maximum absolute atomic E-state index is 12.8. The number of nitrogens with two attached hydrogens (primary N) is 1. The Hall–Kier alpha value is -3.59. The van der Waals surface area contributed by atoms with Gasteiger partial charge in [0.15, 0.2) is 0 Å². The molecule has 0 aliphatic heterocycles.